The molecule has 2 aromatic carbocycles. The van der Waals surface area contributed by atoms with Crippen LogP contribution >= 0.6 is 0 Å². The molecule has 0 amide bonds. The summed E-state index contributed by atoms with van der Waals surface area (Å²) in [4.78, 5) is 16.7. The van der Waals surface area contributed by atoms with Crippen LogP contribution in [0.5, 0.6) is 5.75 Å². The molecule has 4 aromatic rings. The number of fused-ring (bicyclic) bond motifs is 2. The van der Waals surface area contributed by atoms with E-state index in [1.165, 1.54) is 11.1 Å². The first-order valence-corrected chi connectivity index (χ1v) is 11.5. The van der Waals surface area contributed by atoms with Crippen LogP contribution in [0.2, 0.25) is 0 Å². The van der Waals surface area contributed by atoms with Gasteiger partial charge in [0.2, 0.25) is 5.95 Å². The van der Waals surface area contributed by atoms with Crippen molar-refractivity contribution in [3.05, 3.63) is 65.6 Å². The topological polar surface area (TPSA) is 102 Å². The number of hydrogen-bond acceptors (Lipinski definition) is 6. The van der Waals surface area contributed by atoms with Crippen molar-refractivity contribution < 1.29 is 4.74 Å². The number of hydrogen-bond donors (Lipinski definition) is 3. The first kappa shape index (κ1) is 21.4. The molecule has 0 saturated heterocycles. The van der Waals surface area contributed by atoms with Crippen molar-refractivity contribution in [2.24, 2.45) is 5.92 Å². The molecular formula is C26H30N6O. The molecular weight excluding hydrogens is 412 g/mol. The SMILES string of the molecule is CC(C)CNC(C)c1ccc2c(c1)CC(c1nc3ccc(-c4ccnc(N)n4)cc3[nH]1)CO2. The summed E-state index contributed by atoms with van der Waals surface area (Å²) in [5.74, 6) is 3.00. The Hall–Kier alpha value is -3.45. The predicted octanol–water partition coefficient (Wildman–Crippen LogP) is 4.63. The Kier molecular flexibility index (Phi) is 5.72. The molecule has 2 atom stereocenters. The van der Waals surface area contributed by atoms with Gasteiger partial charge in [0, 0.05) is 17.8 Å². The fourth-order valence-corrected chi connectivity index (χ4v) is 4.31. The highest BCUT2D eigenvalue weighted by Crippen LogP contribution is 2.34. The van der Waals surface area contributed by atoms with Gasteiger partial charge in [0.1, 0.15) is 11.6 Å². The molecule has 0 bridgehead atoms. The zero-order chi connectivity index (χ0) is 22.9. The summed E-state index contributed by atoms with van der Waals surface area (Å²) in [6, 6.07) is 14.8. The number of rotatable bonds is 6. The third-order valence-electron chi connectivity index (χ3n) is 6.18. The van der Waals surface area contributed by atoms with Crippen molar-refractivity contribution in [2.75, 3.05) is 18.9 Å². The molecule has 2 unspecified atom stereocenters. The van der Waals surface area contributed by atoms with Gasteiger partial charge in [0.15, 0.2) is 0 Å². The van der Waals surface area contributed by atoms with Gasteiger partial charge in [-0.1, -0.05) is 32.0 Å². The maximum Gasteiger partial charge on any atom is 0.220 e. The summed E-state index contributed by atoms with van der Waals surface area (Å²) in [5, 5.41) is 3.61. The maximum atomic E-state index is 6.11. The van der Waals surface area contributed by atoms with Gasteiger partial charge in [0.05, 0.1) is 29.3 Å². The van der Waals surface area contributed by atoms with E-state index in [2.05, 4.69) is 65.3 Å². The number of aromatic nitrogens is 4. The first-order valence-electron chi connectivity index (χ1n) is 11.5. The highest BCUT2D eigenvalue weighted by Gasteiger charge is 2.25. The van der Waals surface area contributed by atoms with E-state index >= 15 is 0 Å². The number of nitrogen functional groups attached to an aromatic ring is 1. The zero-order valence-electron chi connectivity index (χ0n) is 19.3. The van der Waals surface area contributed by atoms with Crippen molar-refractivity contribution in [3.63, 3.8) is 0 Å². The summed E-state index contributed by atoms with van der Waals surface area (Å²) in [6.07, 6.45) is 2.57. The molecule has 0 aliphatic carbocycles. The van der Waals surface area contributed by atoms with E-state index in [9.17, 15) is 0 Å². The maximum absolute atomic E-state index is 6.11. The van der Waals surface area contributed by atoms with E-state index in [0.29, 0.717) is 18.6 Å². The second-order valence-electron chi connectivity index (χ2n) is 9.26. The number of nitrogens with one attached hydrogen (secondary N) is 2. The van der Waals surface area contributed by atoms with Crippen LogP contribution < -0.4 is 15.8 Å². The van der Waals surface area contributed by atoms with Gasteiger partial charge in [-0.25, -0.2) is 15.0 Å². The number of benzene rings is 2. The van der Waals surface area contributed by atoms with Crippen LogP contribution in [0.3, 0.4) is 0 Å². The summed E-state index contributed by atoms with van der Waals surface area (Å²) in [5.41, 5.74) is 12.0. The fourth-order valence-electron chi connectivity index (χ4n) is 4.31. The van der Waals surface area contributed by atoms with Gasteiger partial charge in [-0.2, -0.15) is 0 Å². The quantitative estimate of drug-likeness (QED) is 0.402. The van der Waals surface area contributed by atoms with E-state index in [-0.39, 0.29) is 11.9 Å². The van der Waals surface area contributed by atoms with Crippen molar-refractivity contribution in [1.82, 2.24) is 25.3 Å². The van der Waals surface area contributed by atoms with Crippen LogP contribution in [0.25, 0.3) is 22.3 Å². The van der Waals surface area contributed by atoms with Crippen molar-refractivity contribution in [2.45, 2.75) is 39.2 Å². The monoisotopic (exact) mass is 442 g/mol. The Labute approximate surface area is 193 Å². The number of anilines is 1. The van der Waals surface area contributed by atoms with E-state index < -0.39 is 0 Å². The predicted molar refractivity (Wildman–Crippen MR) is 131 cm³/mol. The molecule has 2 aromatic heterocycles. The van der Waals surface area contributed by atoms with Crippen LogP contribution in [-0.2, 0) is 6.42 Å². The lowest BCUT2D eigenvalue weighted by atomic mass is 9.93. The van der Waals surface area contributed by atoms with Crippen LogP contribution in [0.4, 0.5) is 5.95 Å². The van der Waals surface area contributed by atoms with Crippen molar-refractivity contribution in [3.8, 4) is 17.0 Å². The molecule has 0 saturated carbocycles. The fraction of sp³-hybridized carbons (Fsp3) is 0.346. The van der Waals surface area contributed by atoms with Gasteiger partial charge in [-0.3, -0.25) is 0 Å². The highest BCUT2D eigenvalue weighted by atomic mass is 16.5. The van der Waals surface area contributed by atoms with E-state index in [1.807, 2.05) is 18.2 Å². The van der Waals surface area contributed by atoms with Crippen LogP contribution in [0, 0.1) is 5.92 Å². The lowest BCUT2D eigenvalue weighted by molar-refractivity contribution is 0.258. The Morgan fingerprint density at radius 1 is 1.12 bits per heavy atom. The van der Waals surface area contributed by atoms with E-state index in [1.54, 1.807) is 6.20 Å². The molecule has 33 heavy (non-hydrogen) atoms. The normalized spacial score (nSPS) is 16.5. The Morgan fingerprint density at radius 2 is 2.00 bits per heavy atom. The Morgan fingerprint density at radius 3 is 2.82 bits per heavy atom. The van der Waals surface area contributed by atoms with Gasteiger partial charge < -0.3 is 20.8 Å². The molecule has 0 radical (unpaired) electrons. The zero-order valence-corrected chi connectivity index (χ0v) is 19.3. The largest absolute Gasteiger partial charge is 0.493 e. The third-order valence-corrected chi connectivity index (χ3v) is 6.18. The summed E-state index contributed by atoms with van der Waals surface area (Å²) in [6.45, 7) is 8.28. The number of aromatic amines is 1. The second-order valence-corrected chi connectivity index (χ2v) is 9.26. The highest BCUT2D eigenvalue weighted by molar-refractivity contribution is 5.81. The lowest BCUT2D eigenvalue weighted by Gasteiger charge is -2.25. The van der Waals surface area contributed by atoms with Gasteiger partial charge in [0.25, 0.3) is 0 Å². The Balaban J connectivity index is 1.37. The smallest absolute Gasteiger partial charge is 0.220 e. The number of nitrogens with zero attached hydrogens (tertiary/aromatic N) is 3. The minimum Gasteiger partial charge on any atom is -0.493 e. The molecule has 4 N–H and O–H groups in total. The number of ether oxygens (including phenoxy) is 1. The molecule has 5 rings (SSSR count). The standard InChI is InChI=1S/C26H30N6O/c1-15(2)13-29-16(3)17-5-7-24-19(10-17)11-20(14-33-24)25-30-22-6-4-18(12-23(22)31-25)21-8-9-28-26(27)32-21/h4-10,12,15-16,20,29H,11,13-14H2,1-3H3,(H,30,31)(H2,27,28,32). The van der Waals surface area contributed by atoms with Crippen LogP contribution in [0.15, 0.2) is 48.7 Å². The average molecular weight is 443 g/mol. The molecule has 0 fully saturated rings. The summed E-state index contributed by atoms with van der Waals surface area (Å²) >= 11 is 0. The van der Waals surface area contributed by atoms with Crippen molar-refractivity contribution >= 4 is 17.0 Å². The minimum atomic E-state index is 0.178. The lowest BCUT2D eigenvalue weighted by Crippen LogP contribution is -2.24. The van der Waals surface area contributed by atoms with E-state index in [4.69, 9.17) is 15.5 Å². The molecule has 170 valence electrons. The average Bonchev–Trinajstić information content (AvgIpc) is 3.25. The molecule has 7 nitrogen and oxygen atoms in total. The third kappa shape index (κ3) is 4.54. The van der Waals surface area contributed by atoms with Gasteiger partial charge in [-0.05, 0) is 61.2 Å². The van der Waals surface area contributed by atoms with Crippen molar-refractivity contribution in [1.29, 1.82) is 0 Å². The first-order chi connectivity index (χ1) is 16.0. The van der Waals surface area contributed by atoms with Crippen LogP contribution in [0.1, 0.15) is 49.7 Å². The number of nitrogens with two attached hydrogens (primary N) is 1. The number of imidazole rings is 1. The molecule has 3 heterocycles. The summed E-state index contributed by atoms with van der Waals surface area (Å²) < 4.78 is 6.11. The van der Waals surface area contributed by atoms with Crippen LogP contribution in [-0.4, -0.2) is 33.1 Å². The molecule has 0 spiro atoms. The molecule has 1 aliphatic heterocycles. The summed E-state index contributed by atoms with van der Waals surface area (Å²) in [7, 11) is 0. The van der Waals surface area contributed by atoms with E-state index in [0.717, 1.165) is 46.8 Å². The number of H-pyrrole nitrogens is 1. The molecule has 1 aliphatic rings. The Bertz CT molecular complexity index is 1280. The second kappa shape index (κ2) is 8.83. The van der Waals surface area contributed by atoms with Gasteiger partial charge in [-0.15, -0.1) is 0 Å². The molecule has 7 heteroatoms. The van der Waals surface area contributed by atoms with Gasteiger partial charge >= 0.3 is 0 Å². The minimum absolute atomic E-state index is 0.178.